The van der Waals surface area contributed by atoms with Crippen molar-refractivity contribution in [1.82, 2.24) is 15.2 Å². The molecule has 0 radical (unpaired) electrons. The zero-order valence-corrected chi connectivity index (χ0v) is 14.4. The summed E-state index contributed by atoms with van der Waals surface area (Å²) in [7, 11) is 0. The summed E-state index contributed by atoms with van der Waals surface area (Å²) >= 11 is 1.38. The van der Waals surface area contributed by atoms with E-state index in [2.05, 4.69) is 15.6 Å². The van der Waals surface area contributed by atoms with Crippen molar-refractivity contribution in [2.45, 2.75) is 18.9 Å². The summed E-state index contributed by atoms with van der Waals surface area (Å²) in [5, 5.41) is 8.03. The van der Waals surface area contributed by atoms with Crippen molar-refractivity contribution in [1.29, 1.82) is 0 Å². The number of nitrogens with zero attached hydrogens (tertiary/aromatic N) is 2. The second kappa shape index (κ2) is 8.17. The molecule has 1 aliphatic heterocycles. The molecule has 0 aliphatic carbocycles. The maximum absolute atomic E-state index is 13.6. The SMILES string of the molecule is O=C(CN1CCC(NC(=O)c2ccccc2F)CC1)Nc1nccs1. The van der Waals surface area contributed by atoms with Crippen LogP contribution in [0.15, 0.2) is 35.8 Å². The number of carbonyl (C=O) groups excluding carboxylic acids is 2. The van der Waals surface area contributed by atoms with E-state index >= 15 is 0 Å². The molecule has 0 saturated carbocycles. The predicted octanol–water partition coefficient (Wildman–Crippen LogP) is 2.12. The molecule has 8 heteroatoms. The molecule has 1 aliphatic rings. The highest BCUT2D eigenvalue weighted by atomic mass is 32.1. The maximum Gasteiger partial charge on any atom is 0.254 e. The number of anilines is 1. The van der Waals surface area contributed by atoms with Crippen LogP contribution in [0, 0.1) is 5.82 Å². The molecule has 2 N–H and O–H groups in total. The summed E-state index contributed by atoms with van der Waals surface area (Å²) in [6, 6.07) is 5.94. The molecular formula is C17H19FN4O2S. The van der Waals surface area contributed by atoms with Crippen molar-refractivity contribution >= 4 is 28.3 Å². The third-order valence-electron chi connectivity index (χ3n) is 4.09. The molecule has 132 valence electrons. The third-order valence-corrected chi connectivity index (χ3v) is 4.78. The number of rotatable bonds is 5. The van der Waals surface area contributed by atoms with Crippen LogP contribution in [0.4, 0.5) is 9.52 Å². The summed E-state index contributed by atoms with van der Waals surface area (Å²) in [4.78, 5) is 30.2. The molecule has 2 amide bonds. The van der Waals surface area contributed by atoms with Crippen molar-refractivity contribution < 1.29 is 14.0 Å². The van der Waals surface area contributed by atoms with E-state index < -0.39 is 11.7 Å². The number of carbonyl (C=O) groups is 2. The molecule has 1 aromatic carbocycles. The Labute approximate surface area is 149 Å². The number of nitrogens with one attached hydrogen (secondary N) is 2. The molecular weight excluding hydrogens is 343 g/mol. The molecule has 1 saturated heterocycles. The van der Waals surface area contributed by atoms with Crippen LogP contribution >= 0.6 is 11.3 Å². The highest BCUT2D eigenvalue weighted by molar-refractivity contribution is 7.13. The Morgan fingerprint density at radius 2 is 2.04 bits per heavy atom. The van der Waals surface area contributed by atoms with E-state index in [4.69, 9.17) is 0 Å². The molecule has 3 rings (SSSR count). The normalized spacial score (nSPS) is 15.7. The minimum Gasteiger partial charge on any atom is -0.349 e. The first-order chi connectivity index (χ1) is 12.1. The van der Waals surface area contributed by atoms with Crippen LogP contribution in [-0.4, -0.2) is 47.4 Å². The lowest BCUT2D eigenvalue weighted by atomic mass is 10.0. The van der Waals surface area contributed by atoms with Crippen LogP contribution < -0.4 is 10.6 Å². The van der Waals surface area contributed by atoms with E-state index in [9.17, 15) is 14.0 Å². The first-order valence-electron chi connectivity index (χ1n) is 8.09. The lowest BCUT2D eigenvalue weighted by Gasteiger charge is -2.31. The van der Waals surface area contributed by atoms with E-state index in [1.165, 1.54) is 23.5 Å². The van der Waals surface area contributed by atoms with Gasteiger partial charge in [0.25, 0.3) is 5.91 Å². The number of thiazole rings is 1. The quantitative estimate of drug-likeness (QED) is 0.854. The van der Waals surface area contributed by atoms with Crippen LogP contribution in [0.3, 0.4) is 0 Å². The molecule has 1 fully saturated rings. The van der Waals surface area contributed by atoms with Gasteiger partial charge < -0.3 is 10.6 Å². The molecule has 0 unspecified atom stereocenters. The number of benzene rings is 1. The Balaban J connectivity index is 1.43. The van der Waals surface area contributed by atoms with E-state index in [-0.39, 0.29) is 17.5 Å². The Kier molecular flexibility index (Phi) is 5.72. The summed E-state index contributed by atoms with van der Waals surface area (Å²) in [6.45, 7) is 1.70. The Hall–Kier alpha value is -2.32. The Morgan fingerprint density at radius 1 is 1.28 bits per heavy atom. The molecule has 2 aromatic rings. The number of likely N-dealkylation sites (tertiary alicyclic amines) is 1. The van der Waals surface area contributed by atoms with Gasteiger partial charge in [0.15, 0.2) is 5.13 Å². The van der Waals surface area contributed by atoms with E-state index in [1.807, 2.05) is 4.90 Å². The largest absolute Gasteiger partial charge is 0.349 e. The van der Waals surface area contributed by atoms with Crippen molar-refractivity contribution in [3.05, 3.63) is 47.2 Å². The van der Waals surface area contributed by atoms with Gasteiger partial charge in [0.1, 0.15) is 5.82 Å². The number of amides is 2. The lowest BCUT2D eigenvalue weighted by molar-refractivity contribution is -0.117. The fourth-order valence-electron chi connectivity index (χ4n) is 2.79. The Morgan fingerprint density at radius 3 is 2.72 bits per heavy atom. The Bertz CT molecular complexity index is 730. The summed E-state index contributed by atoms with van der Waals surface area (Å²) in [5.41, 5.74) is 0.0627. The molecule has 0 atom stereocenters. The topological polar surface area (TPSA) is 74.3 Å². The first-order valence-corrected chi connectivity index (χ1v) is 8.97. The molecule has 2 heterocycles. The zero-order chi connectivity index (χ0) is 17.6. The van der Waals surface area contributed by atoms with Crippen LogP contribution in [0.2, 0.25) is 0 Å². The minimum atomic E-state index is -0.517. The standard InChI is InChI=1S/C17H19FN4O2S/c18-14-4-2-1-3-13(14)16(24)20-12-5-8-22(9-6-12)11-15(23)21-17-19-7-10-25-17/h1-4,7,10,12H,5-6,8-9,11H2,(H,20,24)(H,19,21,23). The van der Waals surface area contributed by atoms with Crippen molar-refractivity contribution in [2.75, 3.05) is 25.0 Å². The first kappa shape index (κ1) is 17.5. The minimum absolute atomic E-state index is 0.00891. The van der Waals surface area contributed by atoms with Gasteiger partial charge in [-0.25, -0.2) is 9.37 Å². The average Bonchev–Trinajstić information content (AvgIpc) is 3.10. The van der Waals surface area contributed by atoms with Crippen molar-refractivity contribution in [3.63, 3.8) is 0 Å². The van der Waals surface area contributed by atoms with E-state index in [1.54, 1.807) is 23.7 Å². The number of aromatic nitrogens is 1. The third kappa shape index (κ3) is 4.83. The molecule has 0 bridgehead atoms. The average molecular weight is 362 g/mol. The summed E-state index contributed by atoms with van der Waals surface area (Å²) in [5.74, 6) is -1.00. The fourth-order valence-corrected chi connectivity index (χ4v) is 3.34. The summed E-state index contributed by atoms with van der Waals surface area (Å²) in [6.07, 6.45) is 3.10. The number of hydrogen-bond acceptors (Lipinski definition) is 5. The number of hydrogen-bond donors (Lipinski definition) is 2. The molecule has 25 heavy (non-hydrogen) atoms. The smallest absolute Gasteiger partial charge is 0.254 e. The van der Waals surface area contributed by atoms with Crippen LogP contribution in [-0.2, 0) is 4.79 Å². The van der Waals surface area contributed by atoms with Crippen LogP contribution in [0.5, 0.6) is 0 Å². The van der Waals surface area contributed by atoms with Gasteiger partial charge in [0, 0.05) is 30.7 Å². The predicted molar refractivity (Wildman–Crippen MR) is 94.1 cm³/mol. The second-order valence-electron chi connectivity index (χ2n) is 5.89. The van der Waals surface area contributed by atoms with Gasteiger partial charge in [0.2, 0.25) is 5.91 Å². The van der Waals surface area contributed by atoms with Crippen LogP contribution in [0.25, 0.3) is 0 Å². The zero-order valence-electron chi connectivity index (χ0n) is 13.6. The van der Waals surface area contributed by atoms with E-state index in [0.29, 0.717) is 24.8 Å². The highest BCUT2D eigenvalue weighted by Gasteiger charge is 2.23. The molecule has 6 nitrogen and oxygen atoms in total. The van der Waals surface area contributed by atoms with E-state index in [0.717, 1.165) is 12.8 Å². The lowest BCUT2D eigenvalue weighted by Crippen LogP contribution is -2.46. The van der Waals surface area contributed by atoms with Crippen molar-refractivity contribution in [3.8, 4) is 0 Å². The summed E-state index contributed by atoms with van der Waals surface area (Å²) < 4.78 is 13.6. The fraction of sp³-hybridized carbons (Fsp3) is 0.353. The van der Waals surface area contributed by atoms with Gasteiger partial charge in [-0.15, -0.1) is 11.3 Å². The van der Waals surface area contributed by atoms with Gasteiger partial charge in [-0.3, -0.25) is 14.5 Å². The van der Waals surface area contributed by atoms with Gasteiger partial charge in [0.05, 0.1) is 12.1 Å². The van der Waals surface area contributed by atoms with Crippen LogP contribution in [0.1, 0.15) is 23.2 Å². The van der Waals surface area contributed by atoms with Gasteiger partial charge >= 0.3 is 0 Å². The van der Waals surface area contributed by atoms with Crippen molar-refractivity contribution in [2.24, 2.45) is 0 Å². The highest BCUT2D eigenvalue weighted by Crippen LogP contribution is 2.14. The van der Waals surface area contributed by atoms with Gasteiger partial charge in [-0.2, -0.15) is 0 Å². The second-order valence-corrected chi connectivity index (χ2v) is 6.78. The molecule has 1 aromatic heterocycles. The molecule has 0 spiro atoms. The van der Waals surface area contributed by atoms with Gasteiger partial charge in [-0.05, 0) is 25.0 Å². The van der Waals surface area contributed by atoms with Gasteiger partial charge in [-0.1, -0.05) is 12.1 Å². The number of piperidine rings is 1. The number of halogens is 1. The maximum atomic E-state index is 13.6. The monoisotopic (exact) mass is 362 g/mol.